The molecule has 160 valence electrons. The molecule has 0 saturated carbocycles. The zero-order chi connectivity index (χ0) is 19.7. The van der Waals surface area contributed by atoms with E-state index in [-0.39, 0.29) is 24.8 Å². The standard InChI is InChI=1S/2C14H15.2ClH.Zr/c2*1-2-7-13(8-3-1)11-6-12-14-9-4-5-10-14;;;/h2*1-4,7-9H,5-6,11-12H2;2*1H;/q;;;;+2/p-2. The van der Waals surface area contributed by atoms with Crippen LogP contribution in [0.4, 0.5) is 0 Å². The number of aryl methyl sites for hydroxylation is 2. The second-order valence-electron chi connectivity index (χ2n) is 8.02. The molecule has 3 heteroatoms. The predicted octanol–water partition coefficient (Wildman–Crippen LogP) is 1.55. The van der Waals surface area contributed by atoms with Gasteiger partial charge in [-0.15, -0.1) is 0 Å². The largest absolute Gasteiger partial charge is 1.00 e. The summed E-state index contributed by atoms with van der Waals surface area (Å²) in [6.45, 7) is 0. The van der Waals surface area contributed by atoms with Crippen LogP contribution in [-0.4, -0.2) is 0 Å². The normalized spacial score (nSPS) is 14.5. The second-order valence-corrected chi connectivity index (χ2v) is 11.6. The quantitative estimate of drug-likeness (QED) is 0.439. The fourth-order valence-electron chi connectivity index (χ4n) is 4.27. The van der Waals surface area contributed by atoms with Gasteiger partial charge in [-0.2, -0.15) is 0 Å². The van der Waals surface area contributed by atoms with Gasteiger partial charge in [0.15, 0.2) is 0 Å². The number of benzene rings is 2. The minimum absolute atomic E-state index is 0. The van der Waals surface area contributed by atoms with E-state index in [0.29, 0.717) is 0 Å². The van der Waals surface area contributed by atoms with E-state index in [0.717, 1.165) is 0 Å². The number of rotatable bonds is 10. The Balaban J connectivity index is 0.00000171. The number of hydrogen-bond acceptors (Lipinski definition) is 0. The molecule has 0 fully saturated rings. The number of halogens is 2. The fraction of sp³-hybridized carbons (Fsp3) is 0.286. The van der Waals surface area contributed by atoms with Gasteiger partial charge in [0.2, 0.25) is 0 Å². The molecule has 4 rings (SSSR count). The summed E-state index contributed by atoms with van der Waals surface area (Å²) in [5.74, 6) is 0. The van der Waals surface area contributed by atoms with E-state index in [1.807, 2.05) is 6.56 Å². The van der Waals surface area contributed by atoms with Crippen molar-refractivity contribution in [3.8, 4) is 0 Å². The predicted molar refractivity (Wildman–Crippen MR) is 120 cm³/mol. The molecule has 0 saturated heterocycles. The molecule has 0 atom stereocenters. The Kier molecular flexibility index (Phi) is 11.9. The Hall–Kier alpha value is -1.14. The minimum Gasteiger partial charge on any atom is -1.00 e. The molecule has 0 heterocycles. The molecule has 0 radical (unpaired) electrons. The van der Waals surface area contributed by atoms with E-state index in [1.165, 1.54) is 62.5 Å². The Bertz CT molecular complexity index is 846. The van der Waals surface area contributed by atoms with Gasteiger partial charge in [0.25, 0.3) is 0 Å². The van der Waals surface area contributed by atoms with Gasteiger partial charge in [-0.1, -0.05) is 0 Å². The Morgan fingerprint density at radius 3 is 1.39 bits per heavy atom. The van der Waals surface area contributed by atoms with E-state index in [1.54, 1.807) is 11.1 Å². The molecule has 0 N–H and O–H groups in total. The third kappa shape index (κ3) is 8.05. The fourth-order valence-corrected chi connectivity index (χ4v) is 8.06. The van der Waals surface area contributed by atoms with Gasteiger partial charge in [-0.3, -0.25) is 0 Å². The van der Waals surface area contributed by atoms with Gasteiger partial charge in [-0.25, -0.2) is 0 Å². The summed E-state index contributed by atoms with van der Waals surface area (Å²) in [6, 6.07) is 21.9. The summed E-state index contributed by atoms with van der Waals surface area (Å²) in [5.41, 5.74) is 6.30. The SMILES string of the molecule is C1=CC(CCCc2ccccc2)=[C]([Zr+2][C]2=C(CCCc3ccccc3)C=CC2)C1.[Cl-].[Cl-]. The van der Waals surface area contributed by atoms with Crippen molar-refractivity contribution < 1.29 is 48.0 Å². The molecule has 2 aromatic rings. The van der Waals surface area contributed by atoms with E-state index >= 15 is 0 Å². The van der Waals surface area contributed by atoms with Crippen molar-refractivity contribution in [2.75, 3.05) is 0 Å². The molecule has 0 aliphatic heterocycles. The Morgan fingerprint density at radius 2 is 0.968 bits per heavy atom. The third-order valence-corrected chi connectivity index (χ3v) is 9.93. The molecule has 0 unspecified atom stereocenters. The van der Waals surface area contributed by atoms with Crippen LogP contribution in [0.15, 0.2) is 103 Å². The molecule has 31 heavy (non-hydrogen) atoms. The third-order valence-electron chi connectivity index (χ3n) is 5.87. The van der Waals surface area contributed by atoms with Crippen LogP contribution in [0.3, 0.4) is 0 Å². The van der Waals surface area contributed by atoms with Crippen LogP contribution in [0.2, 0.25) is 0 Å². The van der Waals surface area contributed by atoms with E-state index in [9.17, 15) is 0 Å². The summed E-state index contributed by atoms with van der Waals surface area (Å²) < 4.78 is 3.67. The molecule has 2 aliphatic rings. The first-order valence-corrected chi connectivity index (χ1v) is 13.5. The van der Waals surface area contributed by atoms with Crippen molar-refractivity contribution in [3.05, 3.63) is 114 Å². The molecular weight excluding hydrogens is 498 g/mol. The zero-order valence-electron chi connectivity index (χ0n) is 18.0. The van der Waals surface area contributed by atoms with Crippen molar-refractivity contribution in [2.45, 2.75) is 51.4 Å². The molecule has 0 bridgehead atoms. The molecule has 2 aliphatic carbocycles. The van der Waals surface area contributed by atoms with E-state index < -0.39 is 23.2 Å². The van der Waals surface area contributed by atoms with Crippen molar-refractivity contribution in [1.29, 1.82) is 0 Å². The van der Waals surface area contributed by atoms with Crippen molar-refractivity contribution in [1.82, 2.24) is 0 Å². The Labute approximate surface area is 212 Å². The summed E-state index contributed by atoms with van der Waals surface area (Å²) in [7, 11) is 0. The van der Waals surface area contributed by atoms with E-state index in [4.69, 9.17) is 0 Å². The maximum atomic E-state index is 2.43. The van der Waals surface area contributed by atoms with Crippen molar-refractivity contribution >= 4 is 0 Å². The maximum Gasteiger partial charge on any atom is -1.00 e. The van der Waals surface area contributed by atoms with Crippen LogP contribution in [0, 0.1) is 0 Å². The minimum atomic E-state index is -0.605. The average molecular weight is 529 g/mol. The van der Waals surface area contributed by atoms with Crippen LogP contribution in [0.5, 0.6) is 0 Å². The van der Waals surface area contributed by atoms with E-state index in [2.05, 4.69) is 85.0 Å². The molecule has 0 spiro atoms. The van der Waals surface area contributed by atoms with Gasteiger partial charge in [0, 0.05) is 0 Å². The first kappa shape index (κ1) is 26.1. The topological polar surface area (TPSA) is 0 Å². The molecule has 0 aromatic heterocycles. The van der Waals surface area contributed by atoms with Gasteiger partial charge >= 0.3 is 188 Å². The summed E-state index contributed by atoms with van der Waals surface area (Å²) >= 11 is -0.605. The number of allylic oxidation sites excluding steroid dienone is 8. The van der Waals surface area contributed by atoms with Crippen LogP contribution >= 0.6 is 0 Å². The smallest absolute Gasteiger partial charge is 1.00 e. The van der Waals surface area contributed by atoms with Crippen LogP contribution in [0.1, 0.15) is 49.7 Å². The average Bonchev–Trinajstić information content (AvgIpc) is 3.40. The molecule has 0 amide bonds. The van der Waals surface area contributed by atoms with Gasteiger partial charge in [0.1, 0.15) is 0 Å². The number of hydrogen-bond donors (Lipinski definition) is 0. The van der Waals surface area contributed by atoms with Gasteiger partial charge in [-0.05, 0) is 0 Å². The van der Waals surface area contributed by atoms with Crippen LogP contribution in [0.25, 0.3) is 0 Å². The molecule has 2 aromatic carbocycles. The van der Waals surface area contributed by atoms with Gasteiger partial charge in [0.05, 0.1) is 0 Å². The van der Waals surface area contributed by atoms with Crippen LogP contribution < -0.4 is 24.8 Å². The zero-order valence-corrected chi connectivity index (χ0v) is 22.0. The van der Waals surface area contributed by atoms with Gasteiger partial charge < -0.3 is 24.8 Å². The monoisotopic (exact) mass is 526 g/mol. The van der Waals surface area contributed by atoms with Crippen molar-refractivity contribution in [2.24, 2.45) is 0 Å². The summed E-state index contributed by atoms with van der Waals surface area (Å²) in [4.78, 5) is 0. The maximum absolute atomic E-state index is 2.43. The first-order valence-electron chi connectivity index (χ1n) is 11.0. The summed E-state index contributed by atoms with van der Waals surface area (Å²) in [5, 5.41) is 0. The van der Waals surface area contributed by atoms with Crippen molar-refractivity contribution in [3.63, 3.8) is 0 Å². The summed E-state index contributed by atoms with van der Waals surface area (Å²) in [6.07, 6.45) is 19.6. The first-order chi connectivity index (χ1) is 14.4. The molecule has 0 nitrogen and oxygen atoms in total. The molecular formula is C28H30Cl2Zr. The Morgan fingerprint density at radius 1 is 0.548 bits per heavy atom. The second kappa shape index (κ2) is 14.1. The van der Waals surface area contributed by atoms with Crippen LogP contribution in [-0.2, 0) is 36.1 Å².